The van der Waals surface area contributed by atoms with Crippen molar-refractivity contribution in [3.63, 3.8) is 0 Å². The quantitative estimate of drug-likeness (QED) is 0.576. The van der Waals surface area contributed by atoms with Crippen LogP contribution in [0.2, 0.25) is 5.02 Å². The van der Waals surface area contributed by atoms with Gasteiger partial charge in [0, 0.05) is 10.6 Å². The van der Waals surface area contributed by atoms with Gasteiger partial charge >= 0.3 is 16.3 Å². The minimum absolute atomic E-state index is 0.0221. The maximum atomic E-state index is 13.9. The zero-order valence-corrected chi connectivity index (χ0v) is 13.7. The first kappa shape index (κ1) is 18.0. The van der Waals surface area contributed by atoms with Gasteiger partial charge in [-0.05, 0) is 36.7 Å². The Morgan fingerprint density at radius 3 is 2.52 bits per heavy atom. The number of benzene rings is 1. The molecule has 2 rings (SSSR count). The minimum atomic E-state index is -4.89. The number of alkyl halides is 3. The Labute approximate surface area is 137 Å². The summed E-state index contributed by atoms with van der Waals surface area (Å²) in [5, 5.41) is 0.0289. The van der Waals surface area contributed by atoms with Crippen LogP contribution in [0.25, 0.3) is 11.3 Å². The highest BCUT2D eigenvalue weighted by Gasteiger charge is 2.40. The van der Waals surface area contributed by atoms with Crippen LogP contribution < -0.4 is 4.18 Å². The normalized spacial score (nSPS) is 12.4. The standard InChI is InChI=1S/C12H8ClF4NO3S2/c1-2-23(19,20)21-10-9(18-22-11(10)12(15,16)17)7-4-3-6(13)5-8(7)14/h3-5H,2H2,1H3. The first-order valence-electron chi connectivity index (χ1n) is 5.99. The fraction of sp³-hybridized carbons (Fsp3) is 0.250. The molecule has 0 bridgehead atoms. The van der Waals surface area contributed by atoms with E-state index in [2.05, 4.69) is 8.56 Å². The van der Waals surface area contributed by atoms with E-state index >= 15 is 0 Å². The van der Waals surface area contributed by atoms with Crippen LogP contribution in [0.3, 0.4) is 0 Å². The van der Waals surface area contributed by atoms with Gasteiger partial charge in [-0.2, -0.15) is 26.0 Å². The molecule has 0 spiro atoms. The van der Waals surface area contributed by atoms with E-state index in [4.69, 9.17) is 11.6 Å². The summed E-state index contributed by atoms with van der Waals surface area (Å²) in [6, 6.07) is 3.21. The van der Waals surface area contributed by atoms with Gasteiger partial charge in [-0.15, -0.1) is 0 Å². The smallest absolute Gasteiger partial charge is 0.378 e. The molecule has 0 aliphatic rings. The summed E-state index contributed by atoms with van der Waals surface area (Å²) in [6.07, 6.45) is -4.89. The van der Waals surface area contributed by atoms with E-state index in [0.717, 1.165) is 12.1 Å². The first-order chi connectivity index (χ1) is 10.5. The van der Waals surface area contributed by atoms with E-state index in [9.17, 15) is 26.0 Å². The molecule has 126 valence electrons. The summed E-state index contributed by atoms with van der Waals surface area (Å²) in [6.45, 7) is 1.20. The molecule has 0 N–H and O–H groups in total. The highest BCUT2D eigenvalue weighted by atomic mass is 35.5. The molecule has 0 radical (unpaired) electrons. The lowest BCUT2D eigenvalue weighted by molar-refractivity contribution is -0.135. The molecule has 1 aromatic carbocycles. The van der Waals surface area contributed by atoms with E-state index in [1.165, 1.54) is 13.0 Å². The number of hydrogen-bond donors (Lipinski definition) is 0. The molecule has 23 heavy (non-hydrogen) atoms. The number of halogens is 5. The van der Waals surface area contributed by atoms with Crippen molar-refractivity contribution in [2.24, 2.45) is 0 Å². The fourth-order valence-corrected chi connectivity index (χ4v) is 3.01. The van der Waals surface area contributed by atoms with Gasteiger partial charge in [-0.3, -0.25) is 0 Å². The molecule has 1 aromatic heterocycles. The molecule has 4 nitrogen and oxygen atoms in total. The second kappa shape index (κ2) is 6.25. The van der Waals surface area contributed by atoms with Crippen molar-refractivity contribution >= 4 is 33.3 Å². The van der Waals surface area contributed by atoms with Gasteiger partial charge in [0.15, 0.2) is 10.6 Å². The maximum absolute atomic E-state index is 13.9. The van der Waals surface area contributed by atoms with Gasteiger partial charge in [0.05, 0.1) is 5.75 Å². The molecule has 11 heteroatoms. The largest absolute Gasteiger partial charge is 0.430 e. The van der Waals surface area contributed by atoms with Gasteiger partial charge in [-0.1, -0.05) is 11.6 Å². The number of nitrogens with zero attached hydrogens (tertiary/aromatic N) is 1. The Hall–Kier alpha value is -1.39. The summed E-state index contributed by atoms with van der Waals surface area (Å²) in [4.78, 5) is -1.36. The Balaban J connectivity index is 2.67. The highest BCUT2D eigenvalue weighted by molar-refractivity contribution is 7.87. The van der Waals surface area contributed by atoms with E-state index in [0.29, 0.717) is 0 Å². The second-order valence-corrected chi connectivity index (χ2v) is 7.31. The average molecular weight is 390 g/mol. The molecule has 1 heterocycles. The van der Waals surface area contributed by atoms with Crippen molar-refractivity contribution in [1.82, 2.24) is 4.37 Å². The summed E-state index contributed by atoms with van der Waals surface area (Å²) in [7, 11) is -4.26. The monoisotopic (exact) mass is 389 g/mol. The van der Waals surface area contributed by atoms with Gasteiger partial charge in [0.25, 0.3) is 0 Å². The third kappa shape index (κ3) is 3.93. The molecule has 0 unspecified atom stereocenters. The topological polar surface area (TPSA) is 56.3 Å². The van der Waals surface area contributed by atoms with Crippen LogP contribution in [0.5, 0.6) is 5.75 Å². The van der Waals surface area contributed by atoms with Crippen LogP contribution in [-0.4, -0.2) is 18.5 Å². The van der Waals surface area contributed by atoms with Gasteiger partial charge < -0.3 is 4.18 Å². The van der Waals surface area contributed by atoms with Gasteiger partial charge in [0.2, 0.25) is 0 Å². The number of rotatable bonds is 4. The zero-order valence-electron chi connectivity index (χ0n) is 11.3. The van der Waals surface area contributed by atoms with Crippen LogP contribution in [0.15, 0.2) is 18.2 Å². The Bertz CT molecular complexity index is 833. The van der Waals surface area contributed by atoms with Crippen LogP contribution >= 0.6 is 23.1 Å². The minimum Gasteiger partial charge on any atom is -0.378 e. The van der Waals surface area contributed by atoms with Crippen LogP contribution in [0.1, 0.15) is 11.8 Å². The summed E-state index contributed by atoms with van der Waals surface area (Å²) < 4.78 is 84.0. The molecular weight excluding hydrogens is 382 g/mol. The maximum Gasteiger partial charge on any atom is 0.430 e. The number of hydrogen-bond acceptors (Lipinski definition) is 5. The van der Waals surface area contributed by atoms with Crippen molar-refractivity contribution < 1.29 is 30.2 Å². The Kier molecular flexibility index (Phi) is 4.88. The predicted molar refractivity (Wildman–Crippen MR) is 77.6 cm³/mol. The Morgan fingerprint density at radius 2 is 2.00 bits per heavy atom. The lowest BCUT2D eigenvalue weighted by Crippen LogP contribution is -2.14. The highest BCUT2D eigenvalue weighted by Crippen LogP contribution is 2.46. The van der Waals surface area contributed by atoms with E-state index in [1.54, 1.807) is 0 Å². The molecule has 0 fully saturated rings. The van der Waals surface area contributed by atoms with Gasteiger partial charge in [0.1, 0.15) is 11.5 Å². The zero-order chi connectivity index (χ0) is 17.4. The van der Waals surface area contributed by atoms with Crippen molar-refractivity contribution in [2.45, 2.75) is 13.1 Å². The molecule has 0 saturated heterocycles. The molecule has 0 atom stereocenters. The van der Waals surface area contributed by atoms with Crippen LogP contribution in [0.4, 0.5) is 17.6 Å². The van der Waals surface area contributed by atoms with Crippen molar-refractivity contribution in [1.29, 1.82) is 0 Å². The third-order valence-corrected chi connectivity index (χ3v) is 4.89. The van der Waals surface area contributed by atoms with E-state index in [-0.39, 0.29) is 22.1 Å². The van der Waals surface area contributed by atoms with E-state index in [1.807, 2.05) is 0 Å². The molecule has 0 amide bonds. The summed E-state index contributed by atoms with van der Waals surface area (Å²) in [5.74, 6) is -2.54. The Morgan fingerprint density at radius 1 is 1.35 bits per heavy atom. The summed E-state index contributed by atoms with van der Waals surface area (Å²) >= 11 is 5.56. The third-order valence-electron chi connectivity index (χ3n) is 2.66. The molecule has 2 aromatic rings. The van der Waals surface area contributed by atoms with Crippen LogP contribution in [-0.2, 0) is 16.3 Å². The molecule has 0 aliphatic heterocycles. The van der Waals surface area contributed by atoms with Crippen molar-refractivity contribution in [3.8, 4) is 17.0 Å². The van der Waals surface area contributed by atoms with Crippen LogP contribution in [0, 0.1) is 5.82 Å². The number of aromatic nitrogens is 1. The van der Waals surface area contributed by atoms with Gasteiger partial charge in [-0.25, -0.2) is 4.39 Å². The lowest BCUT2D eigenvalue weighted by Gasteiger charge is -2.10. The first-order valence-corrected chi connectivity index (χ1v) is 8.72. The van der Waals surface area contributed by atoms with E-state index < -0.39 is 44.2 Å². The summed E-state index contributed by atoms with van der Waals surface area (Å²) in [5.41, 5.74) is -0.893. The van der Waals surface area contributed by atoms with Crippen molar-refractivity contribution in [2.75, 3.05) is 5.75 Å². The fourth-order valence-electron chi connectivity index (χ4n) is 1.58. The lowest BCUT2D eigenvalue weighted by atomic mass is 10.1. The average Bonchev–Trinajstić information content (AvgIpc) is 2.81. The SMILES string of the molecule is CCS(=O)(=O)Oc1c(-c2ccc(Cl)cc2F)nsc1C(F)(F)F. The van der Waals surface area contributed by atoms with Crippen molar-refractivity contribution in [3.05, 3.63) is 33.9 Å². The molecular formula is C12H8ClF4NO3S2. The predicted octanol–water partition coefficient (Wildman–Crippen LogP) is 4.35. The second-order valence-electron chi connectivity index (χ2n) is 4.24. The molecule has 0 saturated carbocycles. The molecule has 0 aliphatic carbocycles.